The van der Waals surface area contributed by atoms with Gasteiger partial charge >= 0.3 is 0 Å². The van der Waals surface area contributed by atoms with Gasteiger partial charge in [0.05, 0.1) is 21.6 Å². The van der Waals surface area contributed by atoms with Gasteiger partial charge in [0.15, 0.2) is 5.82 Å². The first-order valence-electron chi connectivity index (χ1n) is 6.08. The number of imidazole rings is 1. The Balaban J connectivity index is 2.35. The van der Waals surface area contributed by atoms with Gasteiger partial charge in [0.1, 0.15) is 5.82 Å². The molecule has 0 spiro atoms. The molecule has 0 atom stereocenters. The molecular formula is C14H14FN3S. The molecule has 0 saturated carbocycles. The van der Waals surface area contributed by atoms with Gasteiger partial charge in [-0.1, -0.05) is 0 Å². The number of hydrogen-bond donors (Lipinski definition) is 1. The Morgan fingerprint density at radius 3 is 2.74 bits per heavy atom. The summed E-state index contributed by atoms with van der Waals surface area (Å²) in [6.45, 7) is 4.16. The highest BCUT2D eigenvalue weighted by molar-refractivity contribution is 7.14. The molecule has 0 aliphatic carbocycles. The highest BCUT2D eigenvalue weighted by atomic mass is 32.1. The number of benzene rings is 1. The van der Waals surface area contributed by atoms with Crippen LogP contribution in [0.3, 0.4) is 0 Å². The normalized spacial score (nSPS) is 11.6. The van der Waals surface area contributed by atoms with E-state index in [1.54, 1.807) is 17.4 Å². The molecule has 98 valence electrons. The Bertz CT molecular complexity index is 742. The molecule has 1 aromatic carbocycles. The second kappa shape index (κ2) is 4.35. The zero-order valence-corrected chi connectivity index (χ0v) is 11.5. The van der Waals surface area contributed by atoms with Crippen LogP contribution in [0.5, 0.6) is 0 Å². The smallest absolute Gasteiger partial charge is 0.153 e. The fraction of sp³-hybridized carbons (Fsp3) is 0.214. The quantitative estimate of drug-likeness (QED) is 0.766. The SMILES string of the molecule is CC(C)n1c(-c2sccc2N)nc2cc(F)ccc21. The minimum atomic E-state index is -0.272. The Morgan fingerprint density at radius 2 is 2.11 bits per heavy atom. The molecule has 0 aliphatic heterocycles. The number of halogens is 1. The van der Waals surface area contributed by atoms with Crippen LogP contribution in [0.25, 0.3) is 21.7 Å². The van der Waals surface area contributed by atoms with Crippen molar-refractivity contribution in [3.05, 3.63) is 35.5 Å². The zero-order chi connectivity index (χ0) is 13.6. The molecule has 0 saturated heterocycles. The van der Waals surface area contributed by atoms with Crippen LogP contribution >= 0.6 is 11.3 Å². The van der Waals surface area contributed by atoms with E-state index in [1.165, 1.54) is 12.1 Å². The van der Waals surface area contributed by atoms with Crippen molar-refractivity contribution in [2.45, 2.75) is 19.9 Å². The van der Waals surface area contributed by atoms with Crippen LogP contribution in [0.2, 0.25) is 0 Å². The summed E-state index contributed by atoms with van der Waals surface area (Å²) in [7, 11) is 0. The van der Waals surface area contributed by atoms with Crippen LogP contribution in [0, 0.1) is 5.82 Å². The van der Waals surface area contributed by atoms with Crippen LogP contribution < -0.4 is 5.73 Å². The number of fused-ring (bicyclic) bond motifs is 1. The number of nitrogen functional groups attached to an aromatic ring is 1. The largest absolute Gasteiger partial charge is 0.397 e. The molecule has 2 N–H and O–H groups in total. The number of anilines is 1. The van der Waals surface area contributed by atoms with Gasteiger partial charge in [-0.3, -0.25) is 0 Å². The van der Waals surface area contributed by atoms with Gasteiger partial charge in [-0.2, -0.15) is 0 Å². The van der Waals surface area contributed by atoms with Crippen LogP contribution in [-0.4, -0.2) is 9.55 Å². The van der Waals surface area contributed by atoms with Crippen molar-refractivity contribution in [1.29, 1.82) is 0 Å². The van der Waals surface area contributed by atoms with Gasteiger partial charge in [0, 0.05) is 12.1 Å². The maximum Gasteiger partial charge on any atom is 0.153 e. The average Bonchev–Trinajstić information content (AvgIpc) is 2.91. The second-order valence-corrected chi connectivity index (χ2v) is 5.65. The van der Waals surface area contributed by atoms with E-state index in [0.29, 0.717) is 11.2 Å². The van der Waals surface area contributed by atoms with E-state index in [9.17, 15) is 4.39 Å². The molecule has 0 aliphatic rings. The van der Waals surface area contributed by atoms with Gasteiger partial charge < -0.3 is 10.3 Å². The van der Waals surface area contributed by atoms with E-state index in [2.05, 4.69) is 23.4 Å². The Labute approximate surface area is 114 Å². The van der Waals surface area contributed by atoms with Crippen LogP contribution in [-0.2, 0) is 0 Å². The van der Waals surface area contributed by atoms with E-state index in [4.69, 9.17) is 5.73 Å². The Morgan fingerprint density at radius 1 is 1.32 bits per heavy atom. The molecule has 3 nitrogen and oxygen atoms in total. The summed E-state index contributed by atoms with van der Waals surface area (Å²) in [5.74, 6) is 0.537. The van der Waals surface area contributed by atoms with Crippen LogP contribution in [0.15, 0.2) is 29.6 Å². The maximum atomic E-state index is 13.3. The molecular weight excluding hydrogens is 261 g/mol. The predicted molar refractivity (Wildman–Crippen MR) is 77.8 cm³/mol. The van der Waals surface area contributed by atoms with Crippen molar-refractivity contribution in [2.24, 2.45) is 0 Å². The van der Waals surface area contributed by atoms with Crippen molar-refractivity contribution in [2.75, 3.05) is 5.73 Å². The number of nitrogens with zero attached hydrogens (tertiary/aromatic N) is 2. The van der Waals surface area contributed by atoms with Crippen molar-refractivity contribution in [3.8, 4) is 10.7 Å². The van der Waals surface area contributed by atoms with Gasteiger partial charge in [-0.25, -0.2) is 9.37 Å². The lowest BCUT2D eigenvalue weighted by atomic mass is 10.3. The summed E-state index contributed by atoms with van der Waals surface area (Å²) in [6.07, 6.45) is 0. The summed E-state index contributed by atoms with van der Waals surface area (Å²) in [5, 5.41) is 1.94. The van der Waals surface area contributed by atoms with E-state index in [1.807, 2.05) is 11.4 Å². The highest BCUT2D eigenvalue weighted by Crippen LogP contribution is 2.35. The summed E-state index contributed by atoms with van der Waals surface area (Å²) >= 11 is 1.55. The van der Waals surface area contributed by atoms with E-state index in [-0.39, 0.29) is 11.9 Å². The zero-order valence-electron chi connectivity index (χ0n) is 10.7. The van der Waals surface area contributed by atoms with E-state index >= 15 is 0 Å². The molecule has 0 amide bonds. The molecule has 3 rings (SSSR count). The number of thiophene rings is 1. The van der Waals surface area contributed by atoms with Crippen molar-refractivity contribution in [3.63, 3.8) is 0 Å². The van der Waals surface area contributed by atoms with E-state index in [0.717, 1.165) is 16.2 Å². The first-order chi connectivity index (χ1) is 9.08. The highest BCUT2D eigenvalue weighted by Gasteiger charge is 2.17. The van der Waals surface area contributed by atoms with Crippen molar-refractivity contribution < 1.29 is 4.39 Å². The third-order valence-corrected chi connectivity index (χ3v) is 3.99. The summed E-state index contributed by atoms with van der Waals surface area (Å²) in [6, 6.07) is 6.79. The third kappa shape index (κ3) is 1.90. The number of rotatable bonds is 2. The lowest BCUT2D eigenvalue weighted by Gasteiger charge is -2.12. The monoisotopic (exact) mass is 275 g/mol. The average molecular weight is 275 g/mol. The van der Waals surface area contributed by atoms with E-state index < -0.39 is 0 Å². The Hall–Kier alpha value is -1.88. The predicted octanol–water partition coefficient (Wildman–Crippen LogP) is 4.07. The van der Waals surface area contributed by atoms with Gasteiger partial charge in [-0.15, -0.1) is 11.3 Å². The lowest BCUT2D eigenvalue weighted by molar-refractivity contribution is 0.621. The number of nitrogens with two attached hydrogens (primary N) is 1. The maximum absolute atomic E-state index is 13.3. The molecule has 0 radical (unpaired) electrons. The molecule has 0 bridgehead atoms. The fourth-order valence-electron chi connectivity index (χ4n) is 2.26. The lowest BCUT2D eigenvalue weighted by Crippen LogP contribution is -2.03. The first kappa shape index (κ1) is 12.2. The minimum absolute atomic E-state index is 0.229. The summed E-state index contributed by atoms with van der Waals surface area (Å²) < 4.78 is 15.4. The van der Waals surface area contributed by atoms with Crippen LogP contribution in [0.4, 0.5) is 10.1 Å². The Kier molecular flexibility index (Phi) is 2.78. The third-order valence-electron chi connectivity index (χ3n) is 3.07. The molecule has 2 aromatic heterocycles. The molecule has 2 heterocycles. The van der Waals surface area contributed by atoms with Gasteiger partial charge in [0.25, 0.3) is 0 Å². The summed E-state index contributed by atoms with van der Waals surface area (Å²) in [4.78, 5) is 5.49. The standard InChI is InChI=1S/C14H14FN3S/c1-8(2)18-12-4-3-9(15)7-11(12)17-14(18)13-10(16)5-6-19-13/h3-8H,16H2,1-2H3. The molecule has 19 heavy (non-hydrogen) atoms. The topological polar surface area (TPSA) is 43.8 Å². The molecule has 0 fully saturated rings. The van der Waals surface area contributed by atoms with Crippen molar-refractivity contribution in [1.82, 2.24) is 9.55 Å². The molecule has 3 aromatic rings. The second-order valence-electron chi connectivity index (χ2n) is 4.74. The number of aromatic nitrogens is 2. The van der Waals surface area contributed by atoms with Crippen molar-refractivity contribution >= 4 is 28.1 Å². The first-order valence-corrected chi connectivity index (χ1v) is 6.96. The number of hydrogen-bond acceptors (Lipinski definition) is 3. The minimum Gasteiger partial charge on any atom is -0.397 e. The van der Waals surface area contributed by atoms with Crippen LogP contribution in [0.1, 0.15) is 19.9 Å². The molecule has 0 unspecified atom stereocenters. The molecule has 5 heteroatoms. The van der Waals surface area contributed by atoms with Gasteiger partial charge in [0.2, 0.25) is 0 Å². The fourth-order valence-corrected chi connectivity index (χ4v) is 3.06. The van der Waals surface area contributed by atoms with Gasteiger partial charge in [-0.05, 0) is 37.4 Å². The summed E-state index contributed by atoms with van der Waals surface area (Å²) in [5.41, 5.74) is 8.28.